The van der Waals surface area contributed by atoms with E-state index in [4.69, 9.17) is 9.47 Å². The van der Waals surface area contributed by atoms with Crippen molar-refractivity contribution in [2.75, 3.05) is 13.2 Å². The van der Waals surface area contributed by atoms with E-state index in [1.54, 1.807) is 30.7 Å². The van der Waals surface area contributed by atoms with Crippen molar-refractivity contribution in [3.63, 3.8) is 0 Å². The maximum Gasteiger partial charge on any atom is 0.271 e. The highest BCUT2D eigenvalue weighted by molar-refractivity contribution is 5.94. The van der Waals surface area contributed by atoms with Crippen LogP contribution in [0.2, 0.25) is 0 Å². The van der Waals surface area contributed by atoms with Gasteiger partial charge in [0.1, 0.15) is 11.5 Å². The molecule has 0 bridgehead atoms. The summed E-state index contributed by atoms with van der Waals surface area (Å²) in [6.45, 7) is 5.32. The molecule has 0 saturated heterocycles. The number of amides is 1. The van der Waals surface area contributed by atoms with E-state index in [0.717, 1.165) is 23.5 Å². The molecule has 1 N–H and O–H groups in total. The Kier molecular flexibility index (Phi) is 7.55. The Morgan fingerprint density at radius 1 is 1.00 bits per heavy atom. The highest BCUT2D eigenvalue weighted by atomic mass is 16.5. The Morgan fingerprint density at radius 3 is 2.50 bits per heavy atom. The van der Waals surface area contributed by atoms with Crippen LogP contribution in [0.3, 0.4) is 0 Å². The summed E-state index contributed by atoms with van der Waals surface area (Å²) in [5.41, 5.74) is 6.25. The van der Waals surface area contributed by atoms with Gasteiger partial charge < -0.3 is 9.47 Å². The maximum absolute atomic E-state index is 11.9. The monoisotopic (exact) mass is 403 g/mol. The molecule has 0 aliphatic heterocycles. The van der Waals surface area contributed by atoms with Crippen molar-refractivity contribution in [3.8, 4) is 11.5 Å². The molecule has 3 aromatic rings. The first-order valence-corrected chi connectivity index (χ1v) is 9.79. The fraction of sp³-hybridized carbons (Fsp3) is 0.208. The Bertz CT molecular complexity index is 986. The minimum absolute atomic E-state index is 0.281. The second-order valence-corrected chi connectivity index (χ2v) is 6.75. The van der Waals surface area contributed by atoms with Crippen LogP contribution in [0.15, 0.2) is 72.1 Å². The van der Waals surface area contributed by atoms with Crippen LogP contribution >= 0.6 is 0 Å². The van der Waals surface area contributed by atoms with Crippen molar-refractivity contribution in [2.45, 2.75) is 20.3 Å². The molecule has 6 heteroatoms. The highest BCUT2D eigenvalue weighted by Gasteiger charge is 2.03. The lowest BCUT2D eigenvalue weighted by atomic mass is 10.1. The summed E-state index contributed by atoms with van der Waals surface area (Å²) in [6.07, 6.45) is 5.50. The maximum atomic E-state index is 11.9. The third kappa shape index (κ3) is 6.17. The summed E-state index contributed by atoms with van der Waals surface area (Å²) >= 11 is 0. The fourth-order valence-electron chi connectivity index (χ4n) is 2.70. The van der Waals surface area contributed by atoms with Crippen LogP contribution in [0.1, 0.15) is 33.5 Å². The van der Waals surface area contributed by atoms with Gasteiger partial charge in [-0.3, -0.25) is 9.78 Å². The van der Waals surface area contributed by atoms with E-state index < -0.39 is 0 Å². The van der Waals surface area contributed by atoms with Gasteiger partial charge in [0.05, 0.1) is 19.4 Å². The number of nitrogens with one attached hydrogen (secondary N) is 1. The topological polar surface area (TPSA) is 72.8 Å². The number of pyridine rings is 1. The van der Waals surface area contributed by atoms with Crippen LogP contribution in [0.25, 0.3) is 0 Å². The quantitative estimate of drug-likeness (QED) is 0.328. The zero-order chi connectivity index (χ0) is 21.2. The summed E-state index contributed by atoms with van der Waals surface area (Å²) < 4.78 is 11.6. The van der Waals surface area contributed by atoms with Gasteiger partial charge in [-0.15, -0.1) is 0 Å². The molecule has 0 radical (unpaired) electrons. The summed E-state index contributed by atoms with van der Waals surface area (Å²) in [5, 5.41) is 3.97. The van der Waals surface area contributed by atoms with Crippen molar-refractivity contribution in [3.05, 3.63) is 89.2 Å². The van der Waals surface area contributed by atoms with Crippen LogP contribution in [-0.4, -0.2) is 30.3 Å². The molecule has 154 valence electrons. The first-order valence-electron chi connectivity index (χ1n) is 9.79. The standard InChI is InChI=1S/C24H25N3O3/c1-18-5-3-6-23(19(18)2)30-16-4-15-29-22-9-7-20(8-10-22)17-26-27-24(28)21-11-13-25-14-12-21/h3,5-14,17H,4,15-16H2,1-2H3,(H,27,28)/b26-17-. The molecule has 1 aromatic heterocycles. The molecule has 0 aliphatic carbocycles. The van der Waals surface area contributed by atoms with Crippen molar-refractivity contribution < 1.29 is 14.3 Å². The van der Waals surface area contributed by atoms with Gasteiger partial charge in [0.15, 0.2) is 0 Å². The summed E-state index contributed by atoms with van der Waals surface area (Å²) in [4.78, 5) is 15.8. The minimum atomic E-state index is -0.281. The molecule has 6 nitrogen and oxygen atoms in total. The third-order valence-corrected chi connectivity index (χ3v) is 4.57. The average molecular weight is 403 g/mol. The molecule has 0 atom stereocenters. The molecule has 0 aliphatic rings. The van der Waals surface area contributed by atoms with E-state index in [1.165, 1.54) is 11.1 Å². The van der Waals surface area contributed by atoms with Crippen LogP contribution in [0.5, 0.6) is 11.5 Å². The number of rotatable bonds is 9. The van der Waals surface area contributed by atoms with Gasteiger partial charge >= 0.3 is 0 Å². The van der Waals surface area contributed by atoms with Gasteiger partial charge in [-0.1, -0.05) is 12.1 Å². The smallest absolute Gasteiger partial charge is 0.271 e. The number of hydrogen-bond donors (Lipinski definition) is 1. The Labute approximate surface area is 176 Å². The summed E-state index contributed by atoms with van der Waals surface area (Å²) in [5.74, 6) is 1.42. The van der Waals surface area contributed by atoms with Gasteiger partial charge in [-0.05, 0) is 73.0 Å². The first-order chi connectivity index (χ1) is 14.6. The zero-order valence-corrected chi connectivity index (χ0v) is 17.2. The molecule has 0 fully saturated rings. The lowest BCUT2D eigenvalue weighted by Crippen LogP contribution is -2.17. The lowest BCUT2D eigenvalue weighted by Gasteiger charge is -2.11. The van der Waals surface area contributed by atoms with Crippen LogP contribution in [0.4, 0.5) is 0 Å². The fourth-order valence-corrected chi connectivity index (χ4v) is 2.70. The van der Waals surface area contributed by atoms with Crippen LogP contribution in [0, 0.1) is 13.8 Å². The van der Waals surface area contributed by atoms with E-state index in [2.05, 4.69) is 35.4 Å². The number of aromatic nitrogens is 1. The highest BCUT2D eigenvalue weighted by Crippen LogP contribution is 2.20. The molecule has 0 saturated carbocycles. The normalized spacial score (nSPS) is 10.7. The second-order valence-electron chi connectivity index (χ2n) is 6.75. The molecule has 0 spiro atoms. The third-order valence-electron chi connectivity index (χ3n) is 4.57. The Morgan fingerprint density at radius 2 is 1.73 bits per heavy atom. The average Bonchev–Trinajstić information content (AvgIpc) is 2.78. The number of hydrogen-bond acceptors (Lipinski definition) is 5. The van der Waals surface area contributed by atoms with Gasteiger partial charge in [0, 0.05) is 24.4 Å². The van der Waals surface area contributed by atoms with E-state index in [0.29, 0.717) is 18.8 Å². The lowest BCUT2D eigenvalue weighted by molar-refractivity contribution is 0.0955. The van der Waals surface area contributed by atoms with Crippen molar-refractivity contribution in [1.82, 2.24) is 10.4 Å². The summed E-state index contributed by atoms with van der Waals surface area (Å²) in [6, 6.07) is 16.8. The van der Waals surface area contributed by atoms with Crippen LogP contribution in [-0.2, 0) is 0 Å². The van der Waals surface area contributed by atoms with E-state index in [-0.39, 0.29) is 5.91 Å². The van der Waals surface area contributed by atoms with Gasteiger partial charge in [-0.2, -0.15) is 5.10 Å². The molecule has 2 aromatic carbocycles. The molecule has 30 heavy (non-hydrogen) atoms. The molecule has 1 heterocycles. The number of nitrogens with zero attached hydrogens (tertiary/aromatic N) is 2. The number of ether oxygens (including phenoxy) is 2. The Balaban J connectivity index is 1.38. The predicted molar refractivity (Wildman–Crippen MR) is 117 cm³/mol. The number of carbonyl (C=O) groups is 1. The van der Waals surface area contributed by atoms with Gasteiger partial charge in [-0.25, -0.2) is 5.43 Å². The predicted octanol–water partition coefficient (Wildman–Crippen LogP) is 4.31. The van der Waals surface area contributed by atoms with Crippen molar-refractivity contribution >= 4 is 12.1 Å². The van der Waals surface area contributed by atoms with E-state index in [1.807, 2.05) is 36.4 Å². The number of aryl methyl sites for hydroxylation is 1. The number of hydrazone groups is 1. The van der Waals surface area contributed by atoms with E-state index >= 15 is 0 Å². The Hall–Kier alpha value is -3.67. The van der Waals surface area contributed by atoms with Crippen molar-refractivity contribution in [2.24, 2.45) is 5.10 Å². The van der Waals surface area contributed by atoms with Gasteiger partial charge in [0.25, 0.3) is 5.91 Å². The second kappa shape index (κ2) is 10.8. The molecular formula is C24H25N3O3. The van der Waals surface area contributed by atoms with Crippen LogP contribution < -0.4 is 14.9 Å². The number of benzene rings is 2. The summed E-state index contributed by atoms with van der Waals surface area (Å²) in [7, 11) is 0. The SMILES string of the molecule is Cc1cccc(OCCCOc2ccc(/C=N\NC(=O)c3ccncc3)cc2)c1C. The number of carbonyl (C=O) groups excluding carboxylic acids is 1. The van der Waals surface area contributed by atoms with E-state index in [9.17, 15) is 4.79 Å². The molecule has 0 unspecified atom stereocenters. The van der Waals surface area contributed by atoms with Gasteiger partial charge in [0.2, 0.25) is 0 Å². The first kappa shape index (κ1) is 21.0. The zero-order valence-electron chi connectivity index (χ0n) is 17.2. The largest absolute Gasteiger partial charge is 0.493 e. The van der Waals surface area contributed by atoms with Crippen molar-refractivity contribution in [1.29, 1.82) is 0 Å². The molecular weight excluding hydrogens is 378 g/mol. The molecule has 3 rings (SSSR count). The minimum Gasteiger partial charge on any atom is -0.493 e. The molecule has 1 amide bonds.